The number of pyridine rings is 1. The third-order valence-corrected chi connectivity index (χ3v) is 3.47. The fourth-order valence-corrected chi connectivity index (χ4v) is 2.34. The predicted molar refractivity (Wildman–Crippen MR) is 73.7 cm³/mol. The van der Waals surface area contributed by atoms with Crippen molar-refractivity contribution < 1.29 is 19.0 Å². The first-order valence-corrected chi connectivity index (χ1v) is 6.68. The van der Waals surface area contributed by atoms with Gasteiger partial charge in [-0.3, -0.25) is 0 Å². The average molecular weight is 280 g/mol. The predicted octanol–water partition coefficient (Wildman–Crippen LogP) is 1.79. The lowest BCUT2D eigenvalue weighted by atomic mass is 9.95. The van der Waals surface area contributed by atoms with Crippen LogP contribution in [0.1, 0.15) is 36.2 Å². The molecule has 1 aromatic rings. The number of esters is 1. The minimum atomic E-state index is -0.506. The minimum Gasteiger partial charge on any atom is -0.473 e. The minimum absolute atomic E-state index is 0.0106. The van der Waals surface area contributed by atoms with E-state index in [1.54, 1.807) is 13.2 Å². The zero-order valence-electron chi connectivity index (χ0n) is 11.8. The first-order chi connectivity index (χ1) is 9.63. The van der Waals surface area contributed by atoms with Crippen molar-refractivity contribution in [2.24, 2.45) is 0 Å². The van der Waals surface area contributed by atoms with Crippen LogP contribution >= 0.6 is 0 Å². The Bertz CT molecular complexity index is 478. The van der Waals surface area contributed by atoms with Crippen LogP contribution in [0.4, 0.5) is 5.69 Å². The molecule has 1 aromatic heterocycles. The molecule has 0 spiro atoms. The van der Waals surface area contributed by atoms with Crippen molar-refractivity contribution in [1.29, 1.82) is 0 Å². The van der Waals surface area contributed by atoms with Gasteiger partial charge in [-0.1, -0.05) is 0 Å². The summed E-state index contributed by atoms with van der Waals surface area (Å²) in [6, 6.07) is 3.12. The molecule has 2 rings (SSSR count). The molecule has 1 saturated carbocycles. The maximum absolute atomic E-state index is 11.5. The van der Waals surface area contributed by atoms with Gasteiger partial charge in [0, 0.05) is 13.5 Å². The molecule has 1 aliphatic rings. The lowest BCUT2D eigenvalue weighted by molar-refractivity contribution is 0.0195. The van der Waals surface area contributed by atoms with Crippen molar-refractivity contribution in [3.63, 3.8) is 0 Å². The van der Waals surface area contributed by atoms with E-state index >= 15 is 0 Å². The molecule has 6 nitrogen and oxygen atoms in total. The van der Waals surface area contributed by atoms with Crippen molar-refractivity contribution in [2.45, 2.75) is 37.9 Å². The summed E-state index contributed by atoms with van der Waals surface area (Å²) < 4.78 is 15.8. The second kappa shape index (κ2) is 6.56. The standard InChI is InChI=1S/C14H20N2O4/c1-18-9-4-3-5-10(8-9)20-13-11(15)6-7-12(16-13)14(17)19-2/h6-7,9-10H,3-5,8,15H2,1-2H3. The second-order valence-corrected chi connectivity index (χ2v) is 4.85. The molecule has 2 unspecified atom stereocenters. The Kier molecular flexibility index (Phi) is 4.79. The molecule has 0 aliphatic heterocycles. The fraction of sp³-hybridized carbons (Fsp3) is 0.571. The molecular weight excluding hydrogens is 260 g/mol. The molecule has 1 heterocycles. The summed E-state index contributed by atoms with van der Waals surface area (Å²) in [5, 5.41) is 0. The summed E-state index contributed by atoms with van der Waals surface area (Å²) in [6.07, 6.45) is 4.04. The van der Waals surface area contributed by atoms with Crippen molar-refractivity contribution in [2.75, 3.05) is 20.0 Å². The van der Waals surface area contributed by atoms with Gasteiger partial charge in [0.1, 0.15) is 6.10 Å². The van der Waals surface area contributed by atoms with Gasteiger partial charge >= 0.3 is 5.97 Å². The molecule has 2 atom stereocenters. The number of hydrogen-bond donors (Lipinski definition) is 1. The molecule has 6 heteroatoms. The van der Waals surface area contributed by atoms with E-state index in [4.69, 9.17) is 15.2 Å². The zero-order chi connectivity index (χ0) is 14.5. The summed E-state index contributed by atoms with van der Waals surface area (Å²) in [6.45, 7) is 0. The van der Waals surface area contributed by atoms with E-state index in [9.17, 15) is 4.79 Å². The van der Waals surface area contributed by atoms with Gasteiger partial charge in [0.15, 0.2) is 5.69 Å². The summed E-state index contributed by atoms with van der Waals surface area (Å²) in [5.74, 6) is -0.220. The normalized spacial score (nSPS) is 22.3. The van der Waals surface area contributed by atoms with Crippen molar-refractivity contribution in [3.8, 4) is 5.88 Å². The molecule has 110 valence electrons. The number of hydrogen-bond acceptors (Lipinski definition) is 6. The largest absolute Gasteiger partial charge is 0.473 e. The second-order valence-electron chi connectivity index (χ2n) is 4.85. The number of carbonyl (C=O) groups is 1. The van der Waals surface area contributed by atoms with E-state index in [1.165, 1.54) is 13.2 Å². The smallest absolute Gasteiger partial charge is 0.356 e. The molecular formula is C14H20N2O4. The van der Waals surface area contributed by atoms with Gasteiger partial charge in [-0.05, 0) is 31.4 Å². The van der Waals surface area contributed by atoms with Crippen LogP contribution in [0.15, 0.2) is 12.1 Å². The highest BCUT2D eigenvalue weighted by atomic mass is 16.5. The van der Waals surface area contributed by atoms with Crippen LogP contribution < -0.4 is 10.5 Å². The lowest BCUT2D eigenvalue weighted by Gasteiger charge is -2.28. The Labute approximate surface area is 118 Å². The van der Waals surface area contributed by atoms with Crippen LogP contribution in [0.3, 0.4) is 0 Å². The highest BCUT2D eigenvalue weighted by Gasteiger charge is 2.24. The van der Waals surface area contributed by atoms with Crippen LogP contribution in [0.5, 0.6) is 5.88 Å². The molecule has 0 radical (unpaired) electrons. The van der Waals surface area contributed by atoms with Crippen molar-refractivity contribution in [3.05, 3.63) is 17.8 Å². The number of carbonyl (C=O) groups excluding carboxylic acids is 1. The lowest BCUT2D eigenvalue weighted by Crippen LogP contribution is -2.30. The maximum Gasteiger partial charge on any atom is 0.356 e. The van der Waals surface area contributed by atoms with Crippen LogP contribution in [0, 0.1) is 0 Å². The quantitative estimate of drug-likeness (QED) is 0.846. The number of methoxy groups -OCH3 is 2. The first kappa shape index (κ1) is 14.6. The molecule has 0 aromatic carbocycles. The Morgan fingerprint density at radius 3 is 2.75 bits per heavy atom. The number of anilines is 1. The molecule has 0 saturated heterocycles. The van der Waals surface area contributed by atoms with Gasteiger partial charge < -0.3 is 19.9 Å². The van der Waals surface area contributed by atoms with Gasteiger partial charge in [-0.2, -0.15) is 0 Å². The van der Waals surface area contributed by atoms with Gasteiger partial charge in [0.2, 0.25) is 5.88 Å². The fourth-order valence-electron chi connectivity index (χ4n) is 2.34. The van der Waals surface area contributed by atoms with Crippen LogP contribution in [-0.4, -0.2) is 37.4 Å². The van der Waals surface area contributed by atoms with Gasteiger partial charge in [0.05, 0.1) is 18.9 Å². The first-order valence-electron chi connectivity index (χ1n) is 6.68. The number of nitrogen functional groups attached to an aromatic ring is 1. The monoisotopic (exact) mass is 280 g/mol. The van der Waals surface area contributed by atoms with E-state index in [1.807, 2.05) is 0 Å². The van der Waals surface area contributed by atoms with E-state index in [0.717, 1.165) is 25.7 Å². The van der Waals surface area contributed by atoms with E-state index in [-0.39, 0.29) is 23.8 Å². The van der Waals surface area contributed by atoms with Gasteiger partial charge in [0.25, 0.3) is 0 Å². The van der Waals surface area contributed by atoms with Crippen molar-refractivity contribution in [1.82, 2.24) is 4.98 Å². The molecule has 1 aliphatic carbocycles. The van der Waals surface area contributed by atoms with Gasteiger partial charge in [-0.15, -0.1) is 0 Å². The van der Waals surface area contributed by atoms with E-state index < -0.39 is 5.97 Å². The number of ether oxygens (including phenoxy) is 3. The summed E-state index contributed by atoms with van der Waals surface area (Å²) >= 11 is 0. The van der Waals surface area contributed by atoms with E-state index in [2.05, 4.69) is 9.72 Å². The number of nitrogens with two attached hydrogens (primary N) is 1. The van der Waals surface area contributed by atoms with Gasteiger partial charge in [-0.25, -0.2) is 9.78 Å². The zero-order valence-corrected chi connectivity index (χ0v) is 11.8. The molecule has 0 amide bonds. The highest BCUT2D eigenvalue weighted by Crippen LogP contribution is 2.27. The third kappa shape index (κ3) is 3.39. The van der Waals surface area contributed by atoms with Crippen molar-refractivity contribution >= 4 is 11.7 Å². The summed E-state index contributed by atoms with van der Waals surface area (Å²) in [7, 11) is 3.02. The van der Waals surface area contributed by atoms with Crippen LogP contribution in [0.2, 0.25) is 0 Å². The average Bonchev–Trinajstić information content (AvgIpc) is 2.49. The Morgan fingerprint density at radius 2 is 2.05 bits per heavy atom. The van der Waals surface area contributed by atoms with Crippen LogP contribution in [0.25, 0.3) is 0 Å². The highest BCUT2D eigenvalue weighted by molar-refractivity contribution is 5.87. The third-order valence-electron chi connectivity index (χ3n) is 3.47. The Hall–Kier alpha value is -1.82. The summed E-state index contributed by atoms with van der Waals surface area (Å²) in [5.41, 5.74) is 6.45. The number of rotatable bonds is 4. The topological polar surface area (TPSA) is 83.7 Å². The summed E-state index contributed by atoms with van der Waals surface area (Å²) in [4.78, 5) is 15.6. The number of nitrogens with zero attached hydrogens (tertiary/aromatic N) is 1. The molecule has 20 heavy (non-hydrogen) atoms. The number of aromatic nitrogens is 1. The molecule has 0 bridgehead atoms. The van der Waals surface area contributed by atoms with Crippen LogP contribution in [-0.2, 0) is 9.47 Å². The Morgan fingerprint density at radius 1 is 1.30 bits per heavy atom. The maximum atomic E-state index is 11.5. The SMILES string of the molecule is COC(=O)c1ccc(N)c(OC2CCCC(OC)C2)n1. The molecule has 1 fully saturated rings. The van der Waals surface area contributed by atoms with E-state index in [0.29, 0.717) is 5.69 Å². The Balaban J connectivity index is 2.10. The molecule has 2 N–H and O–H groups in total.